The van der Waals surface area contributed by atoms with E-state index < -0.39 is 5.97 Å². The number of ether oxygens (including phenoxy) is 2. The van der Waals surface area contributed by atoms with Crippen LogP contribution in [0.4, 0.5) is 5.69 Å². The number of carbonyl (C=O) groups is 1. The molecule has 0 spiro atoms. The second kappa shape index (κ2) is 10.0. The molecule has 0 bridgehead atoms. The fraction of sp³-hybridized carbons (Fsp3) is 0.391. The smallest absolute Gasteiger partial charge is 0.341 e. The van der Waals surface area contributed by atoms with Gasteiger partial charge in [0.1, 0.15) is 11.3 Å². The molecular weight excluding hydrogens is 380 g/mol. The predicted molar refractivity (Wildman–Crippen MR) is 119 cm³/mol. The number of nitrogens with zero attached hydrogens (tertiary/aromatic N) is 2. The van der Waals surface area contributed by atoms with Gasteiger partial charge in [0, 0.05) is 38.4 Å². The molecule has 7 nitrogen and oxygen atoms in total. The molecule has 0 saturated carbocycles. The zero-order chi connectivity index (χ0) is 21.5. The highest BCUT2D eigenvalue weighted by molar-refractivity contribution is 5.92. The van der Waals surface area contributed by atoms with Crippen LogP contribution in [0.3, 0.4) is 0 Å². The van der Waals surface area contributed by atoms with Crippen LogP contribution in [0.2, 0.25) is 0 Å². The summed E-state index contributed by atoms with van der Waals surface area (Å²) >= 11 is 0. The fourth-order valence-electron chi connectivity index (χ4n) is 3.58. The van der Waals surface area contributed by atoms with E-state index in [1.165, 1.54) is 25.5 Å². The van der Waals surface area contributed by atoms with E-state index in [9.17, 15) is 4.79 Å². The summed E-state index contributed by atoms with van der Waals surface area (Å²) in [7, 11) is 4.66. The molecule has 0 aromatic heterocycles. The van der Waals surface area contributed by atoms with Gasteiger partial charge in [-0.05, 0) is 43.2 Å². The van der Waals surface area contributed by atoms with Crippen molar-refractivity contribution >= 4 is 17.6 Å². The third kappa shape index (κ3) is 5.23. The molecule has 1 saturated heterocycles. The molecule has 1 aliphatic rings. The van der Waals surface area contributed by atoms with E-state index in [1.54, 1.807) is 19.2 Å². The Labute approximate surface area is 178 Å². The fourth-order valence-corrected chi connectivity index (χ4v) is 3.58. The van der Waals surface area contributed by atoms with Gasteiger partial charge in [0.2, 0.25) is 0 Å². The molecule has 0 aliphatic carbocycles. The molecule has 1 aliphatic heterocycles. The van der Waals surface area contributed by atoms with Crippen molar-refractivity contribution in [1.29, 1.82) is 0 Å². The molecule has 0 amide bonds. The van der Waals surface area contributed by atoms with Gasteiger partial charge < -0.3 is 25.0 Å². The summed E-state index contributed by atoms with van der Waals surface area (Å²) in [5, 5.41) is 6.82. The van der Waals surface area contributed by atoms with Crippen molar-refractivity contribution in [2.45, 2.75) is 25.9 Å². The Balaban J connectivity index is 1.56. The number of methoxy groups -OCH3 is 2. The van der Waals surface area contributed by atoms with E-state index in [0.717, 1.165) is 31.0 Å². The molecular formula is C23H30N4O3. The molecule has 2 aromatic rings. The van der Waals surface area contributed by atoms with Crippen LogP contribution in [0.15, 0.2) is 47.5 Å². The third-order valence-electron chi connectivity index (χ3n) is 5.28. The highest BCUT2D eigenvalue weighted by Crippen LogP contribution is 2.22. The van der Waals surface area contributed by atoms with Gasteiger partial charge in [0.25, 0.3) is 0 Å². The van der Waals surface area contributed by atoms with Gasteiger partial charge in [-0.25, -0.2) is 4.79 Å². The number of carbonyl (C=O) groups excluding carboxylic acids is 1. The van der Waals surface area contributed by atoms with Crippen LogP contribution in [0.5, 0.6) is 5.75 Å². The van der Waals surface area contributed by atoms with Crippen molar-refractivity contribution in [3.05, 3.63) is 59.2 Å². The highest BCUT2D eigenvalue weighted by atomic mass is 16.5. The van der Waals surface area contributed by atoms with Crippen molar-refractivity contribution in [2.75, 3.05) is 39.3 Å². The average Bonchev–Trinajstić information content (AvgIpc) is 3.24. The number of aliphatic imine (C=N–C) groups is 1. The number of hydrogen-bond acceptors (Lipinski definition) is 5. The van der Waals surface area contributed by atoms with Gasteiger partial charge in [0.15, 0.2) is 5.96 Å². The first-order chi connectivity index (χ1) is 14.5. The lowest BCUT2D eigenvalue weighted by atomic mass is 10.1. The molecule has 3 rings (SSSR count). The third-order valence-corrected chi connectivity index (χ3v) is 5.28. The van der Waals surface area contributed by atoms with Crippen LogP contribution in [0, 0.1) is 6.92 Å². The highest BCUT2D eigenvalue weighted by Gasteiger charge is 2.23. The van der Waals surface area contributed by atoms with Gasteiger partial charge in [0.05, 0.1) is 14.2 Å². The molecule has 1 unspecified atom stereocenters. The minimum Gasteiger partial charge on any atom is -0.496 e. The zero-order valence-corrected chi connectivity index (χ0v) is 18.1. The second-order valence-corrected chi connectivity index (χ2v) is 7.36. The lowest BCUT2D eigenvalue weighted by molar-refractivity contribution is 0.0597. The molecule has 2 aromatic carbocycles. The van der Waals surface area contributed by atoms with E-state index in [1.807, 2.05) is 6.07 Å². The summed E-state index contributed by atoms with van der Waals surface area (Å²) in [6.45, 7) is 4.57. The quantitative estimate of drug-likeness (QED) is 0.433. The molecule has 2 N–H and O–H groups in total. The lowest BCUT2D eigenvalue weighted by Crippen LogP contribution is -2.44. The van der Waals surface area contributed by atoms with Crippen molar-refractivity contribution in [2.24, 2.45) is 4.99 Å². The SMILES string of the molecule is CN=C(NCc1ccc(OC)c(C(=O)OC)c1)NC1CCN(c2ccc(C)cc2)C1. The topological polar surface area (TPSA) is 75.2 Å². The minimum absolute atomic E-state index is 0.319. The van der Waals surface area contributed by atoms with Crippen molar-refractivity contribution < 1.29 is 14.3 Å². The van der Waals surface area contributed by atoms with Crippen LogP contribution in [-0.4, -0.2) is 52.3 Å². The standard InChI is InChI=1S/C23H30N4O3/c1-16-5-8-19(9-6-16)27-12-11-18(15-27)26-23(24-2)25-14-17-7-10-21(29-3)20(13-17)22(28)30-4/h5-10,13,18H,11-12,14-15H2,1-4H3,(H2,24,25,26). The van der Waals surface area contributed by atoms with Gasteiger partial charge in [-0.2, -0.15) is 0 Å². The number of hydrogen-bond donors (Lipinski definition) is 2. The van der Waals surface area contributed by atoms with Crippen LogP contribution < -0.4 is 20.3 Å². The van der Waals surface area contributed by atoms with Crippen molar-refractivity contribution in [3.63, 3.8) is 0 Å². The second-order valence-electron chi connectivity index (χ2n) is 7.36. The molecule has 1 atom stereocenters. The summed E-state index contributed by atoms with van der Waals surface area (Å²) < 4.78 is 10.1. The summed E-state index contributed by atoms with van der Waals surface area (Å²) in [4.78, 5) is 18.7. The molecule has 0 radical (unpaired) electrons. The molecule has 30 heavy (non-hydrogen) atoms. The van der Waals surface area contributed by atoms with E-state index in [4.69, 9.17) is 9.47 Å². The summed E-state index contributed by atoms with van der Waals surface area (Å²) in [5.41, 5.74) is 3.87. The molecule has 160 valence electrons. The predicted octanol–water partition coefficient (Wildman–Crippen LogP) is 2.73. The van der Waals surface area contributed by atoms with Gasteiger partial charge in [-0.1, -0.05) is 23.8 Å². The molecule has 7 heteroatoms. The van der Waals surface area contributed by atoms with E-state index in [2.05, 4.69) is 51.7 Å². The Morgan fingerprint density at radius 2 is 1.97 bits per heavy atom. The van der Waals surface area contributed by atoms with Gasteiger partial charge >= 0.3 is 5.97 Å². The monoisotopic (exact) mass is 410 g/mol. The Morgan fingerprint density at radius 1 is 1.20 bits per heavy atom. The van der Waals surface area contributed by atoms with E-state index in [-0.39, 0.29) is 0 Å². The molecule has 1 fully saturated rings. The number of aryl methyl sites for hydroxylation is 1. The Bertz CT molecular complexity index is 896. The summed E-state index contributed by atoms with van der Waals surface area (Å²) in [6, 6.07) is 14.4. The Kier molecular flexibility index (Phi) is 7.17. The maximum Gasteiger partial charge on any atom is 0.341 e. The number of rotatable bonds is 6. The number of esters is 1. The lowest BCUT2D eigenvalue weighted by Gasteiger charge is -2.20. The maximum atomic E-state index is 12.0. The van der Waals surface area contributed by atoms with Crippen molar-refractivity contribution in [3.8, 4) is 5.75 Å². The summed E-state index contributed by atoms with van der Waals surface area (Å²) in [6.07, 6.45) is 1.05. The number of anilines is 1. The molecule has 1 heterocycles. The first-order valence-corrected chi connectivity index (χ1v) is 10.1. The van der Waals surface area contributed by atoms with Crippen molar-refractivity contribution in [1.82, 2.24) is 10.6 Å². The van der Waals surface area contributed by atoms with Crippen LogP contribution in [0.25, 0.3) is 0 Å². The van der Waals surface area contributed by atoms with Gasteiger partial charge in [-0.15, -0.1) is 0 Å². The van der Waals surface area contributed by atoms with Crippen LogP contribution in [0.1, 0.15) is 27.9 Å². The average molecular weight is 411 g/mol. The number of guanidine groups is 1. The number of benzene rings is 2. The first kappa shape index (κ1) is 21.5. The Morgan fingerprint density at radius 3 is 2.63 bits per heavy atom. The van der Waals surface area contributed by atoms with E-state index in [0.29, 0.717) is 23.9 Å². The minimum atomic E-state index is -0.418. The maximum absolute atomic E-state index is 12.0. The van der Waals surface area contributed by atoms with Crippen LogP contribution >= 0.6 is 0 Å². The van der Waals surface area contributed by atoms with E-state index >= 15 is 0 Å². The van der Waals surface area contributed by atoms with Crippen LogP contribution in [-0.2, 0) is 11.3 Å². The normalized spacial score (nSPS) is 16.3. The largest absolute Gasteiger partial charge is 0.496 e. The number of nitrogens with one attached hydrogen (secondary N) is 2. The van der Waals surface area contributed by atoms with Gasteiger partial charge in [-0.3, -0.25) is 4.99 Å². The summed E-state index contributed by atoms with van der Waals surface area (Å²) in [5.74, 6) is 0.815. The first-order valence-electron chi connectivity index (χ1n) is 10.1. The zero-order valence-electron chi connectivity index (χ0n) is 18.1. The Hall–Kier alpha value is -3.22.